The Labute approximate surface area is 35.4 Å². The Bertz CT molecular complexity index is 58.6. The van der Waals surface area contributed by atoms with Crippen LogP contribution in [0.5, 0.6) is 0 Å². The monoisotopic (exact) mass is 108 g/mol. The second-order valence-electron chi connectivity index (χ2n) is 0.632. The topological polar surface area (TPSA) is 80.6 Å². The van der Waals surface area contributed by atoms with Crippen molar-refractivity contribution in [3.05, 3.63) is 0 Å². The van der Waals surface area contributed by atoms with Crippen LogP contribution in [-0.4, -0.2) is 16.9 Å². The third kappa shape index (κ3) is 2.29. The van der Waals surface area contributed by atoms with Crippen LogP contribution in [0.3, 0.4) is 0 Å². The fourth-order valence-corrected chi connectivity index (χ4v) is 0. The molecule has 0 aliphatic rings. The fourth-order valence-electron chi connectivity index (χ4n) is 0. The smallest absolute Gasteiger partial charge is 0.608 e. The highest BCUT2D eigenvalue weighted by molar-refractivity contribution is 7.72. The minimum Gasteiger partial charge on any atom is -0.608 e. The molecule has 0 fully saturated rings. The first kappa shape index (κ1) is 6.04. The van der Waals surface area contributed by atoms with E-state index in [2.05, 4.69) is 0 Å². The van der Waals surface area contributed by atoms with Crippen LogP contribution in [0.2, 0.25) is 0 Å². The van der Waals surface area contributed by atoms with Crippen LogP contribution < -0.4 is 4.89 Å². The first-order chi connectivity index (χ1) is 2.64. The van der Waals surface area contributed by atoms with E-state index in [1.165, 1.54) is 0 Å². The van der Waals surface area contributed by atoms with E-state index in [-0.39, 0.29) is 0 Å². The highest BCUT2D eigenvalue weighted by atomic mass is 31.1. The van der Waals surface area contributed by atoms with E-state index >= 15 is 0 Å². The molecule has 0 heterocycles. The molecule has 0 aromatic carbocycles. The maximum Gasteiger partial charge on any atom is 0.769 e. The molecular formula is H2BO4P. The lowest BCUT2D eigenvalue weighted by Gasteiger charge is -1.77. The Morgan fingerprint density at radius 2 is 1.83 bits per heavy atom. The molecule has 0 spiro atoms. The van der Waals surface area contributed by atoms with Crippen molar-refractivity contribution in [2.45, 2.75) is 0 Å². The zero-order valence-corrected chi connectivity index (χ0v) is 3.63. The highest BCUT2D eigenvalue weighted by Gasteiger charge is 2.25. The van der Waals surface area contributed by atoms with Crippen LogP contribution >= 0.6 is 7.91 Å². The molecule has 0 aliphatic heterocycles. The van der Waals surface area contributed by atoms with Crippen molar-refractivity contribution in [1.29, 1.82) is 0 Å². The number of hydrogen-bond acceptors (Lipinski definition) is 4. The Morgan fingerprint density at radius 1 is 1.67 bits per heavy atom. The lowest BCUT2D eigenvalue weighted by atomic mass is 10.4. The Balaban J connectivity index is 3.26. The Hall–Kier alpha value is 0.0449. The molecule has 0 amide bonds. The van der Waals surface area contributed by atoms with Crippen molar-refractivity contribution < 1.29 is 19.5 Å². The molecule has 0 saturated heterocycles. The molecule has 6 heteroatoms. The van der Waals surface area contributed by atoms with Crippen molar-refractivity contribution in [2.24, 2.45) is 0 Å². The predicted octanol–water partition coefficient (Wildman–Crippen LogP) is -1.94. The van der Waals surface area contributed by atoms with E-state index in [0.717, 1.165) is 0 Å². The SMILES string of the molecule is O=[P+]([O-])B(O)O. The van der Waals surface area contributed by atoms with Crippen LogP contribution in [0.15, 0.2) is 0 Å². The van der Waals surface area contributed by atoms with Crippen molar-refractivity contribution in [3.8, 4) is 0 Å². The third-order valence-electron chi connectivity index (χ3n) is 0.189. The summed E-state index contributed by atoms with van der Waals surface area (Å²) in [5, 5.41) is 15.2. The summed E-state index contributed by atoms with van der Waals surface area (Å²) < 4.78 is 9.24. The molecule has 0 aromatic heterocycles. The van der Waals surface area contributed by atoms with Gasteiger partial charge in [-0.1, -0.05) is 4.57 Å². The summed E-state index contributed by atoms with van der Waals surface area (Å²) in [6.45, 7) is -2.19. The zero-order valence-electron chi connectivity index (χ0n) is 2.74. The lowest BCUT2D eigenvalue weighted by molar-refractivity contribution is -0.160. The molecule has 0 aliphatic carbocycles. The van der Waals surface area contributed by atoms with E-state index in [1.807, 2.05) is 0 Å². The van der Waals surface area contributed by atoms with Crippen molar-refractivity contribution in [3.63, 3.8) is 0 Å². The predicted molar refractivity (Wildman–Crippen MR) is 17.8 cm³/mol. The second kappa shape index (κ2) is 2.26. The normalized spacial score (nSPS) is 10.8. The van der Waals surface area contributed by atoms with Gasteiger partial charge >= 0.3 is 14.7 Å². The Kier molecular flexibility index (Phi) is 2.28. The average molecular weight is 108 g/mol. The molecular weight excluding hydrogens is 106 g/mol. The maximum atomic E-state index is 9.24. The van der Waals surface area contributed by atoms with E-state index in [1.54, 1.807) is 0 Å². The third-order valence-corrected chi connectivity index (χ3v) is 0.566. The van der Waals surface area contributed by atoms with Gasteiger partial charge in [0.1, 0.15) is 0 Å². The van der Waals surface area contributed by atoms with Gasteiger partial charge in [-0.3, -0.25) is 0 Å². The fraction of sp³-hybridized carbons (Fsp3) is 0. The van der Waals surface area contributed by atoms with Crippen LogP contribution in [0, 0.1) is 0 Å². The standard InChI is InChI=1S/BH2O4P/c2-1(3)6(4)5/h2-3H. The molecule has 6 heavy (non-hydrogen) atoms. The van der Waals surface area contributed by atoms with Crippen molar-refractivity contribution >= 4 is 14.7 Å². The summed E-state index contributed by atoms with van der Waals surface area (Å²) in [5.74, 6) is 0. The molecule has 4 nitrogen and oxygen atoms in total. The van der Waals surface area contributed by atoms with Gasteiger partial charge in [-0.2, -0.15) is 0 Å². The molecule has 0 rings (SSSR count). The summed E-state index contributed by atoms with van der Waals surface area (Å²) in [6, 6.07) is 0. The molecule has 0 aromatic rings. The minimum atomic E-state index is -3.05. The summed E-state index contributed by atoms with van der Waals surface area (Å²) in [7, 11) is -3.05. The van der Waals surface area contributed by atoms with Crippen LogP contribution in [0.4, 0.5) is 0 Å². The van der Waals surface area contributed by atoms with Crippen LogP contribution in [0.25, 0.3) is 0 Å². The molecule has 0 saturated carbocycles. The largest absolute Gasteiger partial charge is 0.769 e. The van der Waals surface area contributed by atoms with E-state index in [4.69, 9.17) is 10.0 Å². The van der Waals surface area contributed by atoms with Gasteiger partial charge in [0.25, 0.3) is 0 Å². The molecule has 1 unspecified atom stereocenters. The van der Waals surface area contributed by atoms with Gasteiger partial charge in [-0.05, 0) is 0 Å². The molecule has 2 N–H and O–H groups in total. The average Bonchev–Trinajstić information content (AvgIpc) is 1.36. The summed E-state index contributed by atoms with van der Waals surface area (Å²) in [6.07, 6.45) is 0. The summed E-state index contributed by atoms with van der Waals surface area (Å²) in [5.41, 5.74) is 0. The van der Waals surface area contributed by atoms with E-state index < -0.39 is 14.7 Å². The van der Waals surface area contributed by atoms with Gasteiger partial charge in [0.15, 0.2) is 0 Å². The van der Waals surface area contributed by atoms with Gasteiger partial charge < -0.3 is 14.9 Å². The second-order valence-corrected chi connectivity index (χ2v) is 1.66. The van der Waals surface area contributed by atoms with Crippen molar-refractivity contribution in [1.82, 2.24) is 0 Å². The van der Waals surface area contributed by atoms with Crippen LogP contribution in [0.1, 0.15) is 0 Å². The van der Waals surface area contributed by atoms with Crippen LogP contribution in [-0.2, 0) is 4.57 Å². The van der Waals surface area contributed by atoms with Gasteiger partial charge in [-0.25, -0.2) is 0 Å². The number of hydrogen-bond donors (Lipinski definition) is 2. The molecule has 1 atom stereocenters. The highest BCUT2D eigenvalue weighted by Crippen LogP contribution is 2.04. The molecule has 34 valence electrons. The zero-order chi connectivity index (χ0) is 5.15. The molecule has 0 radical (unpaired) electrons. The van der Waals surface area contributed by atoms with E-state index in [0.29, 0.717) is 0 Å². The minimum absolute atomic E-state index is 2.19. The maximum absolute atomic E-state index is 9.24. The van der Waals surface area contributed by atoms with Gasteiger partial charge in [0.2, 0.25) is 0 Å². The van der Waals surface area contributed by atoms with E-state index in [9.17, 15) is 9.46 Å². The molecule has 0 bridgehead atoms. The first-order valence-corrected chi connectivity index (χ1v) is 2.39. The summed E-state index contributed by atoms with van der Waals surface area (Å²) >= 11 is 0. The quantitative estimate of drug-likeness (QED) is 0.302. The summed E-state index contributed by atoms with van der Waals surface area (Å²) in [4.78, 5) is 9.24. The lowest BCUT2D eigenvalue weighted by Crippen LogP contribution is -2.10. The Morgan fingerprint density at radius 3 is 1.83 bits per heavy atom. The first-order valence-electron chi connectivity index (χ1n) is 1.14. The number of rotatable bonds is 1. The van der Waals surface area contributed by atoms with Gasteiger partial charge in [-0.15, -0.1) is 0 Å². The van der Waals surface area contributed by atoms with Gasteiger partial charge in [0.05, 0.1) is 0 Å². The van der Waals surface area contributed by atoms with Gasteiger partial charge in [0, 0.05) is 0 Å². The van der Waals surface area contributed by atoms with Crippen molar-refractivity contribution in [2.75, 3.05) is 0 Å².